The molecule has 0 bridgehead atoms. The van der Waals surface area contributed by atoms with E-state index >= 15 is 0 Å². The highest BCUT2D eigenvalue weighted by atomic mass is 16.2. The largest absolute Gasteiger partial charge is 0.352 e. The zero-order valence-electron chi connectivity index (χ0n) is 14.3. The first kappa shape index (κ1) is 16.5. The van der Waals surface area contributed by atoms with Crippen molar-refractivity contribution < 1.29 is 4.79 Å². The van der Waals surface area contributed by atoms with Crippen LogP contribution in [0.5, 0.6) is 0 Å². The second-order valence-electron chi connectivity index (χ2n) is 7.24. The number of likely N-dealkylation sites (N-methyl/N-ethyl adjacent to an activating group) is 1. The number of piperidine rings is 1. The van der Waals surface area contributed by atoms with Gasteiger partial charge in [0.25, 0.3) is 0 Å². The minimum atomic E-state index is -0.541. The molecule has 128 valence electrons. The zero-order chi connectivity index (χ0) is 16.3. The van der Waals surface area contributed by atoms with E-state index in [2.05, 4.69) is 34.7 Å². The molecule has 1 aromatic rings. The third-order valence-electron chi connectivity index (χ3n) is 5.86. The van der Waals surface area contributed by atoms with Crippen LogP contribution in [0.1, 0.15) is 38.5 Å². The highest BCUT2D eigenvalue weighted by Gasteiger charge is 2.43. The highest BCUT2D eigenvalue weighted by molar-refractivity contribution is 5.84. The smallest absolute Gasteiger partial charge is 0.248 e. The predicted molar refractivity (Wildman–Crippen MR) is 90.2 cm³/mol. The number of amides is 1. The third-order valence-corrected chi connectivity index (χ3v) is 5.86. The lowest BCUT2D eigenvalue weighted by atomic mass is 9.86. The molecule has 2 N–H and O–H groups in total. The summed E-state index contributed by atoms with van der Waals surface area (Å²) in [6, 6.07) is 1.90. The summed E-state index contributed by atoms with van der Waals surface area (Å²) in [7, 11) is 4.26. The maximum Gasteiger partial charge on any atom is 0.248 e. The molecule has 0 unspecified atom stereocenters. The van der Waals surface area contributed by atoms with Crippen molar-refractivity contribution in [3.63, 3.8) is 0 Å². The summed E-state index contributed by atoms with van der Waals surface area (Å²) < 4.78 is 1.86. The number of aromatic nitrogens is 2. The third kappa shape index (κ3) is 3.02. The van der Waals surface area contributed by atoms with Gasteiger partial charge < -0.3 is 15.5 Å². The average molecular weight is 319 g/mol. The monoisotopic (exact) mass is 319 g/mol. The van der Waals surface area contributed by atoms with Crippen molar-refractivity contribution in [1.29, 1.82) is 0 Å². The highest BCUT2D eigenvalue weighted by Crippen LogP contribution is 2.34. The van der Waals surface area contributed by atoms with Gasteiger partial charge in [-0.05, 0) is 58.9 Å². The van der Waals surface area contributed by atoms with Gasteiger partial charge in [-0.2, -0.15) is 5.10 Å². The van der Waals surface area contributed by atoms with E-state index in [-0.39, 0.29) is 11.4 Å². The lowest BCUT2D eigenvalue weighted by molar-refractivity contribution is -0.132. The molecule has 1 aliphatic carbocycles. The van der Waals surface area contributed by atoms with Gasteiger partial charge in [0, 0.05) is 24.5 Å². The molecule has 6 nitrogen and oxygen atoms in total. The fourth-order valence-corrected chi connectivity index (χ4v) is 4.15. The fourth-order valence-electron chi connectivity index (χ4n) is 4.15. The van der Waals surface area contributed by atoms with Crippen LogP contribution in [0.4, 0.5) is 0 Å². The zero-order valence-corrected chi connectivity index (χ0v) is 14.3. The summed E-state index contributed by atoms with van der Waals surface area (Å²) in [5, 5.41) is 11.0. The first-order valence-corrected chi connectivity index (χ1v) is 8.76. The maximum absolute atomic E-state index is 13.1. The van der Waals surface area contributed by atoms with Crippen LogP contribution in [0.15, 0.2) is 18.5 Å². The molecule has 1 saturated heterocycles. The van der Waals surface area contributed by atoms with Crippen LogP contribution in [0.3, 0.4) is 0 Å². The topological polar surface area (TPSA) is 62.2 Å². The Labute approximate surface area is 138 Å². The molecular formula is C17H29N5O. The van der Waals surface area contributed by atoms with Gasteiger partial charge in [-0.25, -0.2) is 0 Å². The van der Waals surface area contributed by atoms with Crippen LogP contribution < -0.4 is 10.6 Å². The van der Waals surface area contributed by atoms with Gasteiger partial charge in [-0.15, -0.1) is 0 Å². The molecule has 0 radical (unpaired) electrons. The summed E-state index contributed by atoms with van der Waals surface area (Å²) in [5.41, 5.74) is -0.422. The van der Waals surface area contributed by atoms with Gasteiger partial charge in [0.15, 0.2) is 0 Å². The Kier molecular flexibility index (Phi) is 4.73. The van der Waals surface area contributed by atoms with E-state index in [1.54, 1.807) is 6.20 Å². The number of carbonyl (C=O) groups is 1. The van der Waals surface area contributed by atoms with Crippen LogP contribution in [-0.4, -0.2) is 59.9 Å². The average Bonchev–Trinajstić information content (AvgIpc) is 3.25. The molecular weight excluding hydrogens is 290 g/mol. The fraction of sp³-hybridized carbons (Fsp3) is 0.765. The molecule has 2 fully saturated rings. The quantitative estimate of drug-likeness (QED) is 0.848. The van der Waals surface area contributed by atoms with Crippen LogP contribution in [0.25, 0.3) is 0 Å². The molecule has 1 amide bonds. The Morgan fingerprint density at radius 3 is 2.52 bits per heavy atom. The van der Waals surface area contributed by atoms with Crippen LogP contribution in [-0.2, 0) is 10.3 Å². The maximum atomic E-state index is 13.1. The number of hydrogen-bond donors (Lipinski definition) is 2. The normalized spacial score (nSPS) is 23.1. The van der Waals surface area contributed by atoms with Crippen molar-refractivity contribution in [2.75, 3.05) is 33.7 Å². The summed E-state index contributed by atoms with van der Waals surface area (Å²) in [6.07, 6.45) is 10.1. The van der Waals surface area contributed by atoms with Gasteiger partial charge in [0.05, 0.1) is 0 Å². The number of nitrogens with zero attached hydrogens (tertiary/aromatic N) is 3. The summed E-state index contributed by atoms with van der Waals surface area (Å²) in [5.74, 6) is 0.121. The number of carbonyl (C=O) groups excluding carboxylic acids is 1. The van der Waals surface area contributed by atoms with Crippen molar-refractivity contribution in [2.24, 2.45) is 0 Å². The van der Waals surface area contributed by atoms with Gasteiger partial charge in [-0.3, -0.25) is 9.48 Å². The molecule has 1 aliphatic heterocycles. The Balaban J connectivity index is 1.74. The SMILES string of the molecule is CN(C)C1(CNC(=O)C2(n3cccn3)CCNCC2)CCCC1. The molecule has 3 rings (SSSR count). The van der Waals surface area contributed by atoms with Gasteiger partial charge in [-0.1, -0.05) is 12.8 Å². The van der Waals surface area contributed by atoms with E-state index in [9.17, 15) is 4.79 Å². The van der Waals surface area contributed by atoms with E-state index in [4.69, 9.17) is 0 Å². The van der Waals surface area contributed by atoms with Crippen molar-refractivity contribution >= 4 is 5.91 Å². The molecule has 2 heterocycles. The first-order valence-electron chi connectivity index (χ1n) is 8.76. The van der Waals surface area contributed by atoms with E-state index in [1.165, 1.54) is 12.8 Å². The van der Waals surface area contributed by atoms with Gasteiger partial charge in [0.1, 0.15) is 5.54 Å². The molecule has 23 heavy (non-hydrogen) atoms. The van der Waals surface area contributed by atoms with Crippen molar-refractivity contribution in [3.8, 4) is 0 Å². The predicted octanol–water partition coefficient (Wildman–Crippen LogP) is 0.952. The summed E-state index contributed by atoms with van der Waals surface area (Å²) in [6.45, 7) is 2.44. The number of hydrogen-bond acceptors (Lipinski definition) is 4. The van der Waals surface area contributed by atoms with E-state index in [0.717, 1.165) is 45.3 Å². The molecule has 6 heteroatoms. The molecule has 0 spiro atoms. The summed E-state index contributed by atoms with van der Waals surface area (Å²) in [4.78, 5) is 15.4. The van der Waals surface area contributed by atoms with E-state index in [0.29, 0.717) is 0 Å². The van der Waals surface area contributed by atoms with Crippen LogP contribution >= 0.6 is 0 Å². The molecule has 1 aromatic heterocycles. The molecule has 2 aliphatic rings. The molecule has 0 aromatic carbocycles. The van der Waals surface area contributed by atoms with Crippen molar-refractivity contribution in [3.05, 3.63) is 18.5 Å². The van der Waals surface area contributed by atoms with Gasteiger partial charge >= 0.3 is 0 Å². The van der Waals surface area contributed by atoms with Crippen LogP contribution in [0, 0.1) is 0 Å². The lowest BCUT2D eigenvalue weighted by Crippen LogP contribution is -2.58. The van der Waals surface area contributed by atoms with Gasteiger partial charge in [0.2, 0.25) is 5.91 Å². The van der Waals surface area contributed by atoms with Crippen molar-refractivity contribution in [2.45, 2.75) is 49.6 Å². The van der Waals surface area contributed by atoms with Crippen molar-refractivity contribution in [1.82, 2.24) is 25.3 Å². The minimum absolute atomic E-state index is 0.119. The first-order chi connectivity index (χ1) is 11.1. The Morgan fingerprint density at radius 2 is 1.96 bits per heavy atom. The molecule has 0 atom stereocenters. The van der Waals surface area contributed by atoms with Crippen LogP contribution in [0.2, 0.25) is 0 Å². The number of nitrogens with one attached hydrogen (secondary N) is 2. The standard InChI is InChI=1S/C17H29N5O/c1-21(2)16(6-3-4-7-16)14-19-15(23)17(8-11-18-12-9-17)22-13-5-10-20-22/h5,10,13,18H,3-4,6-9,11-12,14H2,1-2H3,(H,19,23). The molecule has 1 saturated carbocycles. The van der Waals surface area contributed by atoms with E-state index < -0.39 is 5.54 Å². The second-order valence-corrected chi connectivity index (χ2v) is 7.24. The Hall–Kier alpha value is -1.40. The lowest BCUT2D eigenvalue weighted by Gasteiger charge is -2.40. The second kappa shape index (κ2) is 6.61. The summed E-state index contributed by atoms with van der Waals surface area (Å²) >= 11 is 0. The number of rotatable bonds is 5. The van der Waals surface area contributed by atoms with E-state index in [1.807, 2.05) is 16.9 Å². The minimum Gasteiger partial charge on any atom is -0.352 e. The Bertz CT molecular complexity index is 513. The Morgan fingerprint density at radius 1 is 1.26 bits per heavy atom.